The number of piperidine rings is 2. The van der Waals surface area contributed by atoms with Crippen molar-refractivity contribution in [1.82, 2.24) is 24.7 Å². The fourth-order valence-electron chi connectivity index (χ4n) is 6.58. The average Bonchev–Trinajstić information content (AvgIpc) is 2.76. The SMILES string of the molecule is CN(Cc1cc2n(c(=O)c1)C[C@@H]1CNCC2C1)Cc1cc2n(c(=O)c1)C[C@H]1CNC[C@H]2C1. The van der Waals surface area contributed by atoms with E-state index in [4.69, 9.17) is 0 Å². The Morgan fingerprint density at radius 3 is 1.72 bits per heavy atom. The molecule has 0 amide bonds. The molecule has 32 heavy (non-hydrogen) atoms. The van der Waals surface area contributed by atoms with Gasteiger partial charge in [-0.25, -0.2) is 0 Å². The second kappa shape index (κ2) is 7.97. The first-order chi connectivity index (χ1) is 15.5. The number of nitrogens with zero attached hydrogens (tertiary/aromatic N) is 3. The van der Waals surface area contributed by atoms with Gasteiger partial charge in [-0.1, -0.05) is 0 Å². The molecule has 2 saturated heterocycles. The lowest BCUT2D eigenvalue weighted by Gasteiger charge is -2.38. The molecule has 4 bridgehead atoms. The van der Waals surface area contributed by atoms with Crippen molar-refractivity contribution >= 4 is 0 Å². The lowest BCUT2D eigenvalue weighted by atomic mass is 9.83. The van der Waals surface area contributed by atoms with Crippen LogP contribution in [-0.4, -0.2) is 47.3 Å². The van der Waals surface area contributed by atoms with Crippen molar-refractivity contribution < 1.29 is 0 Å². The summed E-state index contributed by atoms with van der Waals surface area (Å²) in [7, 11) is 2.07. The van der Waals surface area contributed by atoms with E-state index in [1.165, 1.54) is 24.2 Å². The highest BCUT2D eigenvalue weighted by Gasteiger charge is 2.32. The molecule has 7 nitrogen and oxygen atoms in total. The number of aromatic nitrogens is 2. The number of hydrogen-bond acceptors (Lipinski definition) is 5. The van der Waals surface area contributed by atoms with Gasteiger partial charge in [-0.05, 0) is 68.1 Å². The van der Waals surface area contributed by atoms with Crippen molar-refractivity contribution in [3.8, 4) is 0 Å². The third-order valence-electron chi connectivity index (χ3n) is 7.95. The zero-order valence-corrected chi connectivity index (χ0v) is 18.8. The second-order valence-corrected chi connectivity index (χ2v) is 10.6. The predicted molar refractivity (Wildman–Crippen MR) is 124 cm³/mol. The van der Waals surface area contributed by atoms with Gasteiger partial charge in [0.05, 0.1) is 0 Å². The minimum atomic E-state index is 0.133. The third-order valence-corrected chi connectivity index (χ3v) is 7.95. The van der Waals surface area contributed by atoms with Crippen LogP contribution in [0.3, 0.4) is 0 Å². The molecule has 0 saturated carbocycles. The zero-order valence-electron chi connectivity index (χ0n) is 18.8. The highest BCUT2D eigenvalue weighted by molar-refractivity contribution is 5.26. The summed E-state index contributed by atoms with van der Waals surface area (Å²) in [5, 5.41) is 7.05. The highest BCUT2D eigenvalue weighted by Crippen LogP contribution is 2.33. The van der Waals surface area contributed by atoms with Crippen molar-refractivity contribution in [2.75, 3.05) is 33.2 Å². The van der Waals surface area contributed by atoms with Gasteiger partial charge in [-0.2, -0.15) is 0 Å². The lowest BCUT2D eigenvalue weighted by Crippen LogP contribution is -2.45. The minimum Gasteiger partial charge on any atom is -0.316 e. The number of rotatable bonds is 4. The maximum absolute atomic E-state index is 12.8. The van der Waals surface area contributed by atoms with Crippen LogP contribution in [0.15, 0.2) is 33.9 Å². The van der Waals surface area contributed by atoms with E-state index < -0.39 is 0 Å². The third kappa shape index (κ3) is 3.66. The van der Waals surface area contributed by atoms with E-state index >= 15 is 0 Å². The van der Waals surface area contributed by atoms with Gasteiger partial charge in [0.1, 0.15) is 0 Å². The molecule has 0 spiro atoms. The summed E-state index contributed by atoms with van der Waals surface area (Å²) in [6.45, 7) is 7.05. The van der Waals surface area contributed by atoms with E-state index in [2.05, 4.69) is 34.7 Å². The molecular formula is C25H33N5O2. The largest absolute Gasteiger partial charge is 0.316 e. The first-order valence-corrected chi connectivity index (χ1v) is 12.1. The van der Waals surface area contributed by atoms with Crippen LogP contribution in [0, 0.1) is 11.8 Å². The van der Waals surface area contributed by atoms with Gasteiger partial charge in [0.25, 0.3) is 11.1 Å². The van der Waals surface area contributed by atoms with Crippen LogP contribution in [0.25, 0.3) is 0 Å². The molecule has 170 valence electrons. The maximum atomic E-state index is 12.8. The van der Waals surface area contributed by atoms with E-state index in [0.717, 1.165) is 50.4 Å². The molecule has 4 aliphatic heterocycles. The molecule has 4 atom stereocenters. The molecule has 2 aromatic heterocycles. The molecule has 0 radical (unpaired) electrons. The van der Waals surface area contributed by atoms with Crippen LogP contribution < -0.4 is 21.8 Å². The molecule has 7 heteroatoms. The van der Waals surface area contributed by atoms with Crippen LogP contribution in [0.5, 0.6) is 0 Å². The maximum Gasteiger partial charge on any atom is 0.251 e. The Balaban J connectivity index is 1.22. The lowest BCUT2D eigenvalue weighted by molar-refractivity contribution is 0.254. The Morgan fingerprint density at radius 2 is 1.25 bits per heavy atom. The summed E-state index contributed by atoms with van der Waals surface area (Å²) in [6.07, 6.45) is 2.36. The summed E-state index contributed by atoms with van der Waals surface area (Å²) >= 11 is 0. The average molecular weight is 436 g/mol. The summed E-state index contributed by atoms with van der Waals surface area (Å²) in [4.78, 5) is 27.9. The van der Waals surface area contributed by atoms with Crippen molar-refractivity contribution in [1.29, 1.82) is 0 Å². The molecule has 6 heterocycles. The Hall–Kier alpha value is -2.22. The predicted octanol–water partition coefficient (Wildman–Crippen LogP) is 1.06. The first-order valence-electron chi connectivity index (χ1n) is 12.1. The van der Waals surface area contributed by atoms with Gasteiger partial charge >= 0.3 is 0 Å². The molecule has 2 fully saturated rings. The number of nitrogens with one attached hydrogen (secondary N) is 2. The normalized spacial score (nSPS) is 28.3. The topological polar surface area (TPSA) is 71.3 Å². The molecule has 2 aromatic rings. The number of pyridine rings is 2. The first kappa shape index (κ1) is 20.4. The smallest absolute Gasteiger partial charge is 0.251 e. The second-order valence-electron chi connectivity index (χ2n) is 10.6. The zero-order chi connectivity index (χ0) is 21.8. The quantitative estimate of drug-likeness (QED) is 0.752. The summed E-state index contributed by atoms with van der Waals surface area (Å²) in [5.74, 6) is 2.03. The molecule has 0 aromatic carbocycles. The van der Waals surface area contributed by atoms with Crippen LogP contribution in [0.1, 0.15) is 47.2 Å². The van der Waals surface area contributed by atoms with Crippen LogP contribution >= 0.6 is 0 Å². The summed E-state index contributed by atoms with van der Waals surface area (Å²) in [6, 6.07) is 8.09. The van der Waals surface area contributed by atoms with Gasteiger partial charge in [0, 0.05) is 74.6 Å². The van der Waals surface area contributed by atoms with E-state index in [1.54, 1.807) is 0 Å². The van der Waals surface area contributed by atoms with Gasteiger partial charge in [0.2, 0.25) is 0 Å². The van der Waals surface area contributed by atoms with Gasteiger partial charge in [-0.15, -0.1) is 0 Å². The van der Waals surface area contributed by atoms with Crippen molar-refractivity contribution in [2.45, 2.75) is 50.9 Å². The Kier molecular flexibility index (Phi) is 5.08. The fourth-order valence-corrected chi connectivity index (χ4v) is 6.58. The molecular weight excluding hydrogens is 402 g/mol. The highest BCUT2D eigenvalue weighted by atomic mass is 16.1. The Bertz CT molecular complexity index is 1060. The number of hydrogen-bond donors (Lipinski definition) is 2. The summed E-state index contributed by atoms with van der Waals surface area (Å²) in [5.41, 5.74) is 4.79. The van der Waals surface area contributed by atoms with E-state index in [0.29, 0.717) is 36.8 Å². The Morgan fingerprint density at radius 1 is 0.781 bits per heavy atom. The molecule has 6 rings (SSSR count). The monoisotopic (exact) mass is 435 g/mol. The summed E-state index contributed by atoms with van der Waals surface area (Å²) < 4.78 is 4.00. The van der Waals surface area contributed by atoms with Gasteiger partial charge in [-0.3, -0.25) is 14.5 Å². The van der Waals surface area contributed by atoms with Crippen LogP contribution in [-0.2, 0) is 26.2 Å². The van der Waals surface area contributed by atoms with Crippen LogP contribution in [0.2, 0.25) is 0 Å². The molecule has 0 aliphatic carbocycles. The molecule has 1 unspecified atom stereocenters. The van der Waals surface area contributed by atoms with E-state index in [1.807, 2.05) is 21.3 Å². The van der Waals surface area contributed by atoms with E-state index in [-0.39, 0.29) is 11.1 Å². The van der Waals surface area contributed by atoms with Crippen molar-refractivity contribution in [2.24, 2.45) is 11.8 Å². The number of fused-ring (bicyclic) bond motifs is 8. The Labute approximate surface area is 188 Å². The standard InChI is InChI=1S/C25H33N5O2/c1-28(12-16-4-22-20-2-18(8-26-10-20)14-29(22)24(31)6-16)13-17-5-23-21-3-19(9-27-11-21)15-30(23)25(32)7-17/h4-7,18-21,26-27H,2-3,8-15H2,1H3/t18-,19+,20-,21?/m1/s1. The van der Waals surface area contributed by atoms with Crippen LogP contribution in [0.4, 0.5) is 0 Å². The fraction of sp³-hybridized carbons (Fsp3) is 0.600. The van der Waals surface area contributed by atoms with E-state index in [9.17, 15) is 9.59 Å². The van der Waals surface area contributed by atoms with Gasteiger partial charge < -0.3 is 19.8 Å². The molecule has 4 aliphatic rings. The van der Waals surface area contributed by atoms with Gasteiger partial charge in [0.15, 0.2) is 0 Å². The molecule has 2 N–H and O–H groups in total. The minimum absolute atomic E-state index is 0.133. The van der Waals surface area contributed by atoms with Crippen molar-refractivity contribution in [3.05, 3.63) is 67.5 Å². The van der Waals surface area contributed by atoms with Crippen molar-refractivity contribution in [3.63, 3.8) is 0 Å².